The number of carboxylic acid groups (broad SMARTS) is 2. The van der Waals surface area contributed by atoms with Crippen molar-refractivity contribution >= 4 is 43.6 Å². The van der Waals surface area contributed by atoms with Crippen LogP contribution in [0.15, 0.2) is 0 Å². The average Bonchev–Trinajstić information content (AvgIpc) is 0.751. The average molecular weight is 1500 g/mol. The van der Waals surface area contributed by atoms with Gasteiger partial charge in [0.15, 0.2) is 62.0 Å². The standard InChI is InChI=1S/C64H113N4O33P/c1-28(2)15-14-17-29(3)18-19-31(5)20-23-63(9,10)22-13-12-16-30(4)21-24-89-37(55(81)82)27-91-102(87,88)101-61-51(52(100-62(66)85)64(11,86)53(99-61)56(83)84)98-58-39(68-34(8)71)42(74)49(36(94-58)26-90-59-46(78)43(75)40(72)35(25-69)93-59)96-57-38(67-33(7)70)41(73)48(32(6)92-57)95-60-47(79)44(76)45(77)50(97-60)54(65)80/h28-32,35-53,57-61,69,72-79,86H,12-27H2,1-11H3,(H2,65,80)(H2,66,85)(H,67,70)(H,68,71)(H,81,82)(H,83,84)(H,87,88)/t29?,30?,31?,32-,35-,36-,37+,38-,39-,40-,41-,42-,43+,44+,45-,46-,47-,48-,49-,50+,51-,52-,53-,57+,58+,59-,60-,61-,64+/m1/s1. The molecule has 5 rings (SSSR count). The second-order valence-electron chi connectivity index (χ2n) is 29.1. The van der Waals surface area contributed by atoms with Crippen molar-refractivity contribution in [1.82, 2.24) is 10.6 Å². The molecular weight excluding hydrogens is 1380 g/mol. The molecular formula is C64H113N4O33P. The number of nitrogens with two attached hydrogens (primary N) is 2. The van der Waals surface area contributed by atoms with Crippen LogP contribution in [-0.2, 0) is 89.7 Å². The highest BCUT2D eigenvalue weighted by Crippen LogP contribution is 2.49. The topological polar surface area (TPSA) is 579 Å². The summed E-state index contributed by atoms with van der Waals surface area (Å²) in [4.78, 5) is 87.5. The van der Waals surface area contributed by atoms with E-state index in [4.69, 9.17) is 72.6 Å². The smallest absolute Gasteiger partial charge is 0.474 e. The first-order valence-corrected chi connectivity index (χ1v) is 36.2. The van der Waals surface area contributed by atoms with Crippen molar-refractivity contribution in [2.75, 3.05) is 26.4 Å². The fourth-order valence-electron chi connectivity index (χ4n) is 13.0. The maximum atomic E-state index is 14.0. The van der Waals surface area contributed by atoms with Crippen LogP contribution in [0.2, 0.25) is 0 Å². The molecule has 0 spiro atoms. The molecule has 5 heterocycles. The molecule has 5 aliphatic rings. The number of aliphatic carboxylic acids is 2. The van der Waals surface area contributed by atoms with Gasteiger partial charge in [0.05, 0.1) is 25.9 Å². The predicted molar refractivity (Wildman–Crippen MR) is 348 cm³/mol. The molecule has 5 aliphatic heterocycles. The Morgan fingerprint density at radius 2 is 1.15 bits per heavy atom. The number of phosphoric ester groups is 1. The van der Waals surface area contributed by atoms with Gasteiger partial charge in [0.1, 0.15) is 90.9 Å². The van der Waals surface area contributed by atoms with E-state index in [1.807, 2.05) is 6.92 Å². The molecule has 0 radical (unpaired) electrons. The molecule has 0 saturated carbocycles. The Balaban J connectivity index is 1.38. The molecule has 592 valence electrons. The Hall–Kier alpha value is -4.07. The van der Waals surface area contributed by atoms with Crippen LogP contribution >= 0.6 is 7.82 Å². The van der Waals surface area contributed by atoms with Crippen molar-refractivity contribution in [2.24, 2.45) is 40.6 Å². The quantitative estimate of drug-likeness (QED) is 0.0241. The second-order valence-corrected chi connectivity index (χ2v) is 30.6. The van der Waals surface area contributed by atoms with E-state index in [0.717, 1.165) is 65.2 Å². The van der Waals surface area contributed by atoms with E-state index in [1.165, 1.54) is 39.0 Å². The van der Waals surface area contributed by atoms with Crippen LogP contribution in [0.3, 0.4) is 0 Å². The summed E-state index contributed by atoms with van der Waals surface area (Å²) < 4.78 is 88.2. The van der Waals surface area contributed by atoms with E-state index in [-0.39, 0.29) is 17.9 Å². The Morgan fingerprint density at radius 1 is 0.608 bits per heavy atom. The third-order valence-corrected chi connectivity index (χ3v) is 20.2. The van der Waals surface area contributed by atoms with Crippen LogP contribution in [0.5, 0.6) is 0 Å². The minimum absolute atomic E-state index is 0.0640. The Morgan fingerprint density at radius 3 is 1.72 bits per heavy atom. The highest BCUT2D eigenvalue weighted by Gasteiger charge is 2.63. The van der Waals surface area contributed by atoms with Gasteiger partial charge in [0, 0.05) is 20.5 Å². The number of aliphatic hydroxyl groups excluding tert-OH is 9. The van der Waals surface area contributed by atoms with Crippen LogP contribution < -0.4 is 22.1 Å². The third-order valence-electron chi connectivity index (χ3n) is 19.2. The Labute approximate surface area is 592 Å². The van der Waals surface area contributed by atoms with Gasteiger partial charge in [0.2, 0.25) is 17.7 Å². The van der Waals surface area contributed by atoms with Crippen LogP contribution in [0, 0.1) is 29.1 Å². The zero-order valence-corrected chi connectivity index (χ0v) is 60.5. The lowest BCUT2D eigenvalue weighted by Crippen LogP contribution is -2.72. The van der Waals surface area contributed by atoms with E-state index in [0.29, 0.717) is 18.3 Å². The first-order valence-electron chi connectivity index (χ1n) is 34.7. The van der Waals surface area contributed by atoms with Crippen LogP contribution in [0.4, 0.5) is 4.79 Å². The summed E-state index contributed by atoms with van der Waals surface area (Å²) in [5.41, 5.74) is 7.90. The molecule has 0 aromatic carbocycles. The molecule has 5 fully saturated rings. The van der Waals surface area contributed by atoms with Crippen molar-refractivity contribution < 1.29 is 161 Å². The summed E-state index contributed by atoms with van der Waals surface area (Å²) in [5, 5.41) is 136. The van der Waals surface area contributed by atoms with Crippen molar-refractivity contribution in [1.29, 1.82) is 0 Å². The summed E-state index contributed by atoms with van der Waals surface area (Å²) in [6.45, 7) is 16.2. The van der Waals surface area contributed by atoms with Gasteiger partial charge in [-0.05, 0) is 62.2 Å². The van der Waals surface area contributed by atoms with Gasteiger partial charge in [-0.25, -0.2) is 18.9 Å². The summed E-state index contributed by atoms with van der Waals surface area (Å²) >= 11 is 0. The largest absolute Gasteiger partial charge is 0.479 e. The number of primary amides is 2. The summed E-state index contributed by atoms with van der Waals surface area (Å²) in [6.07, 6.45) is -37.4. The monoisotopic (exact) mass is 1500 g/mol. The highest BCUT2D eigenvalue weighted by atomic mass is 31.2. The first-order chi connectivity index (χ1) is 47.5. The molecule has 19 N–H and O–H groups in total. The Bertz CT molecular complexity index is 2710. The summed E-state index contributed by atoms with van der Waals surface area (Å²) in [6, 6.07) is -3.92. The maximum absolute atomic E-state index is 14.0. The summed E-state index contributed by atoms with van der Waals surface area (Å²) in [7, 11) is -5.83. The minimum Gasteiger partial charge on any atom is -0.479 e. The zero-order chi connectivity index (χ0) is 76.6. The van der Waals surface area contributed by atoms with Gasteiger partial charge < -0.3 is 140 Å². The van der Waals surface area contributed by atoms with E-state index in [9.17, 15) is 99.5 Å². The van der Waals surface area contributed by atoms with E-state index < -0.39 is 222 Å². The number of ether oxygens (including phenoxy) is 11. The van der Waals surface area contributed by atoms with Gasteiger partial charge in [-0.3, -0.25) is 23.4 Å². The zero-order valence-electron chi connectivity index (χ0n) is 59.6. The lowest BCUT2D eigenvalue weighted by molar-refractivity contribution is -0.375. The fourth-order valence-corrected chi connectivity index (χ4v) is 13.8. The summed E-state index contributed by atoms with van der Waals surface area (Å²) in [5.74, 6) is -4.73. The maximum Gasteiger partial charge on any atom is 0.474 e. The van der Waals surface area contributed by atoms with Crippen molar-refractivity contribution in [3.8, 4) is 0 Å². The molecule has 37 nitrogen and oxygen atoms in total. The molecule has 0 aromatic heterocycles. The lowest BCUT2D eigenvalue weighted by atomic mass is 9.79. The van der Waals surface area contributed by atoms with Crippen molar-refractivity contribution in [3.05, 3.63) is 0 Å². The van der Waals surface area contributed by atoms with E-state index in [1.54, 1.807) is 0 Å². The Kier molecular flexibility index (Phi) is 34.5. The molecule has 102 heavy (non-hydrogen) atoms. The normalized spacial score (nSPS) is 37.1. The number of carboxylic acids is 2. The molecule has 0 aliphatic carbocycles. The van der Waals surface area contributed by atoms with Gasteiger partial charge in [-0.15, -0.1) is 0 Å². The number of amides is 4. The second kappa shape index (κ2) is 39.7. The molecule has 4 amide bonds. The number of hydrogen-bond donors (Lipinski definition) is 17. The molecule has 5 saturated heterocycles. The van der Waals surface area contributed by atoms with Gasteiger partial charge >= 0.3 is 25.9 Å². The van der Waals surface area contributed by atoms with Crippen molar-refractivity contribution in [2.45, 2.75) is 312 Å². The van der Waals surface area contributed by atoms with E-state index in [2.05, 4.69) is 52.2 Å². The molecule has 4 unspecified atom stereocenters. The molecule has 38 heteroatoms. The molecule has 0 aromatic rings. The number of nitrogens with one attached hydrogen (secondary N) is 2. The molecule has 30 atom stereocenters. The number of phosphoric acid groups is 1. The minimum atomic E-state index is -5.83. The van der Waals surface area contributed by atoms with E-state index >= 15 is 0 Å². The SMILES string of the molecule is CC(=O)N[C@H]1[C@H](O[C@H]2[C@H](O)[C@@H](NC(C)=O)[C@H](O[C@H]3[C@@H](OP(=O)(O)OC[C@H](OCCC(C)CCCCC(C)(C)CCC(C)CCC(C)CCCC(C)C)C(=O)O)O[C@H](C(=O)O)[C@@](C)(O)[C@@H]3OC(N)=O)O[C@@H]2CO[C@@H]2O[C@H](CO)[C@@H](O)[C@H](O)[C@H]2O)O[C@H](C)[C@@H](O[C@@H]2O[C@H](C(N)=O)[C@H](O)[C@H](O)[C@H]2O)[C@@H]1O. The number of carbonyl (C=O) groups excluding carboxylic acids is 4. The first kappa shape index (κ1) is 88.6. The number of unbranched alkanes of at least 4 members (excludes halogenated alkanes) is 1. The number of hydrogen-bond acceptors (Lipinski definition) is 30. The van der Waals surface area contributed by atoms with Crippen LogP contribution in [-0.4, -0.2) is 287 Å². The van der Waals surface area contributed by atoms with Crippen molar-refractivity contribution in [3.63, 3.8) is 0 Å². The van der Waals surface area contributed by atoms with Crippen LogP contribution in [0.1, 0.15) is 153 Å². The fraction of sp³-hybridized carbons (Fsp3) is 0.906. The van der Waals surface area contributed by atoms with Gasteiger partial charge in [-0.2, -0.15) is 0 Å². The van der Waals surface area contributed by atoms with Gasteiger partial charge in [0.25, 0.3) is 0 Å². The lowest BCUT2D eigenvalue weighted by Gasteiger charge is -2.51. The highest BCUT2D eigenvalue weighted by molar-refractivity contribution is 7.47. The predicted octanol–water partition coefficient (Wildman–Crippen LogP) is -1.65. The number of carbonyl (C=O) groups is 6. The van der Waals surface area contributed by atoms with Gasteiger partial charge in [-0.1, -0.05) is 106 Å². The number of aliphatic hydroxyl groups is 10. The third kappa shape index (κ3) is 25.3. The van der Waals surface area contributed by atoms with Crippen LogP contribution in [0.25, 0.3) is 0 Å². The molecule has 0 bridgehead atoms. The number of rotatable bonds is 40.